The molecule has 0 unspecified atom stereocenters. The molecule has 23 heavy (non-hydrogen) atoms. The van der Waals surface area contributed by atoms with E-state index in [4.69, 9.17) is 11.6 Å². The lowest BCUT2D eigenvalue weighted by Crippen LogP contribution is -2.46. The molecule has 0 amide bonds. The van der Waals surface area contributed by atoms with E-state index in [0.717, 1.165) is 41.9 Å². The van der Waals surface area contributed by atoms with E-state index in [1.807, 2.05) is 29.2 Å². The van der Waals surface area contributed by atoms with Gasteiger partial charge in [-0.25, -0.2) is 4.98 Å². The highest BCUT2D eigenvalue weighted by molar-refractivity contribution is 7.13. The third kappa shape index (κ3) is 4.16. The first kappa shape index (κ1) is 16.5. The maximum atomic E-state index is 12.6. The summed E-state index contributed by atoms with van der Waals surface area (Å²) >= 11 is 7.03. The van der Waals surface area contributed by atoms with Crippen molar-refractivity contribution in [2.75, 3.05) is 31.1 Å². The number of hydrogen-bond acceptors (Lipinski definition) is 4. The predicted molar refractivity (Wildman–Crippen MR) is 86.1 cm³/mol. The molecule has 3 nitrogen and oxygen atoms in total. The lowest BCUT2D eigenvalue weighted by Gasteiger charge is -2.34. The number of nitrogens with zero attached hydrogens (tertiary/aromatic N) is 3. The minimum absolute atomic E-state index is 0.444. The van der Waals surface area contributed by atoms with Crippen LogP contribution in [0.25, 0.3) is 0 Å². The van der Waals surface area contributed by atoms with Crippen molar-refractivity contribution >= 4 is 28.1 Å². The first-order valence-corrected chi connectivity index (χ1v) is 8.42. The molecule has 0 spiro atoms. The van der Waals surface area contributed by atoms with E-state index in [2.05, 4.69) is 9.88 Å². The number of aromatic nitrogens is 1. The second-order valence-corrected chi connectivity index (χ2v) is 6.68. The van der Waals surface area contributed by atoms with Gasteiger partial charge in [0.15, 0.2) is 10.8 Å². The van der Waals surface area contributed by atoms with Gasteiger partial charge in [0.05, 0.1) is 0 Å². The Balaban J connectivity index is 1.57. The summed E-state index contributed by atoms with van der Waals surface area (Å²) < 4.78 is 37.8. The molecule has 3 rings (SSSR count). The second-order valence-electron chi connectivity index (χ2n) is 5.41. The number of thiazole rings is 1. The molecule has 0 atom stereocenters. The number of halogens is 4. The molecule has 1 aliphatic rings. The molecule has 0 saturated carbocycles. The van der Waals surface area contributed by atoms with Crippen molar-refractivity contribution in [3.63, 3.8) is 0 Å². The van der Waals surface area contributed by atoms with Crippen LogP contribution in [0.5, 0.6) is 0 Å². The normalized spacial score (nSPS) is 16.8. The van der Waals surface area contributed by atoms with Crippen molar-refractivity contribution in [2.45, 2.75) is 12.7 Å². The SMILES string of the molecule is FC(F)(F)c1csc(N2CCN(Cc3cccc(Cl)c3)CC2)n1. The summed E-state index contributed by atoms with van der Waals surface area (Å²) in [6.45, 7) is 3.71. The summed E-state index contributed by atoms with van der Waals surface area (Å²) in [6, 6.07) is 7.71. The fourth-order valence-electron chi connectivity index (χ4n) is 2.53. The number of rotatable bonds is 3. The number of hydrogen-bond donors (Lipinski definition) is 0. The van der Waals surface area contributed by atoms with E-state index in [-0.39, 0.29) is 0 Å². The molecule has 1 aliphatic heterocycles. The maximum absolute atomic E-state index is 12.6. The molecule has 0 N–H and O–H groups in total. The molecular formula is C15H15ClF3N3S. The molecule has 1 aromatic carbocycles. The van der Waals surface area contributed by atoms with Crippen molar-refractivity contribution in [3.05, 3.63) is 45.9 Å². The molecular weight excluding hydrogens is 347 g/mol. The van der Waals surface area contributed by atoms with E-state index < -0.39 is 11.9 Å². The van der Waals surface area contributed by atoms with Crippen molar-refractivity contribution in [2.24, 2.45) is 0 Å². The maximum Gasteiger partial charge on any atom is 0.434 e. The Hall–Kier alpha value is -1.31. The smallest absolute Gasteiger partial charge is 0.346 e. The Labute approximate surface area is 141 Å². The Kier molecular flexibility index (Phi) is 4.79. The topological polar surface area (TPSA) is 19.4 Å². The second kappa shape index (κ2) is 6.67. The summed E-state index contributed by atoms with van der Waals surface area (Å²) in [5.74, 6) is 0. The van der Waals surface area contributed by atoms with Crippen LogP contribution in [0, 0.1) is 0 Å². The lowest BCUT2D eigenvalue weighted by molar-refractivity contribution is -0.140. The first-order chi connectivity index (χ1) is 10.9. The minimum Gasteiger partial charge on any atom is -0.346 e. The Morgan fingerprint density at radius 2 is 1.91 bits per heavy atom. The van der Waals surface area contributed by atoms with Crippen LogP contribution in [-0.4, -0.2) is 36.1 Å². The van der Waals surface area contributed by atoms with E-state index >= 15 is 0 Å². The molecule has 1 saturated heterocycles. The number of piperazine rings is 1. The van der Waals surface area contributed by atoms with Gasteiger partial charge < -0.3 is 4.90 Å². The van der Waals surface area contributed by atoms with E-state index in [1.165, 1.54) is 0 Å². The number of anilines is 1. The predicted octanol–water partition coefficient (Wildman–Crippen LogP) is 4.14. The summed E-state index contributed by atoms with van der Waals surface area (Å²) in [5, 5.41) is 2.23. The molecule has 8 heteroatoms. The van der Waals surface area contributed by atoms with Gasteiger partial charge in [0.1, 0.15) is 0 Å². The average Bonchev–Trinajstić information content (AvgIpc) is 2.98. The van der Waals surface area contributed by atoms with Gasteiger partial charge in [-0.3, -0.25) is 4.90 Å². The zero-order valence-corrected chi connectivity index (χ0v) is 13.8. The molecule has 124 valence electrons. The first-order valence-electron chi connectivity index (χ1n) is 7.16. The van der Waals surface area contributed by atoms with Crippen LogP contribution in [0.4, 0.5) is 18.3 Å². The summed E-state index contributed by atoms with van der Waals surface area (Å²) in [6.07, 6.45) is -4.37. The molecule has 1 aromatic heterocycles. The van der Waals surface area contributed by atoms with Crippen LogP contribution < -0.4 is 4.90 Å². The van der Waals surface area contributed by atoms with Gasteiger partial charge in [-0.15, -0.1) is 11.3 Å². The highest BCUT2D eigenvalue weighted by Crippen LogP contribution is 2.33. The van der Waals surface area contributed by atoms with Crippen LogP contribution in [0.15, 0.2) is 29.6 Å². The van der Waals surface area contributed by atoms with E-state index in [9.17, 15) is 13.2 Å². The lowest BCUT2D eigenvalue weighted by atomic mass is 10.2. The van der Waals surface area contributed by atoms with Crippen molar-refractivity contribution in [1.29, 1.82) is 0 Å². The van der Waals surface area contributed by atoms with Crippen molar-refractivity contribution < 1.29 is 13.2 Å². The van der Waals surface area contributed by atoms with Crippen LogP contribution >= 0.6 is 22.9 Å². The molecule has 0 bridgehead atoms. The van der Waals surface area contributed by atoms with Crippen LogP contribution in [0.2, 0.25) is 5.02 Å². The highest BCUT2D eigenvalue weighted by Gasteiger charge is 2.34. The number of alkyl halides is 3. The molecule has 2 heterocycles. The van der Waals surface area contributed by atoms with Crippen LogP contribution in [0.1, 0.15) is 11.3 Å². The largest absolute Gasteiger partial charge is 0.434 e. The van der Waals surface area contributed by atoms with Gasteiger partial charge in [-0.2, -0.15) is 13.2 Å². The monoisotopic (exact) mass is 361 g/mol. The van der Waals surface area contributed by atoms with Gasteiger partial charge in [0.25, 0.3) is 0 Å². The van der Waals surface area contributed by atoms with E-state index in [0.29, 0.717) is 23.2 Å². The third-order valence-corrected chi connectivity index (χ3v) is 4.86. The average molecular weight is 362 g/mol. The van der Waals surface area contributed by atoms with Gasteiger partial charge in [-0.1, -0.05) is 23.7 Å². The third-order valence-electron chi connectivity index (χ3n) is 3.72. The van der Waals surface area contributed by atoms with Gasteiger partial charge >= 0.3 is 6.18 Å². The fourth-order valence-corrected chi connectivity index (χ4v) is 3.63. The molecule has 2 aromatic rings. The summed E-state index contributed by atoms with van der Waals surface area (Å²) in [5.41, 5.74) is 0.332. The van der Waals surface area contributed by atoms with Gasteiger partial charge in [-0.05, 0) is 17.7 Å². The minimum atomic E-state index is -4.37. The zero-order chi connectivity index (χ0) is 16.4. The van der Waals surface area contributed by atoms with Gasteiger partial charge in [0, 0.05) is 43.1 Å². The fraction of sp³-hybridized carbons (Fsp3) is 0.400. The Morgan fingerprint density at radius 3 is 2.52 bits per heavy atom. The Morgan fingerprint density at radius 1 is 1.17 bits per heavy atom. The van der Waals surface area contributed by atoms with Gasteiger partial charge in [0.2, 0.25) is 0 Å². The Bertz CT molecular complexity index is 666. The molecule has 0 radical (unpaired) electrons. The standard InChI is InChI=1S/C15H15ClF3N3S/c16-12-3-1-2-11(8-12)9-21-4-6-22(7-5-21)14-20-13(10-23-14)15(17,18)19/h1-3,8,10H,4-7,9H2. The number of benzene rings is 1. The molecule has 0 aliphatic carbocycles. The quantitative estimate of drug-likeness (QED) is 0.819. The highest BCUT2D eigenvalue weighted by atomic mass is 35.5. The van der Waals surface area contributed by atoms with Crippen LogP contribution in [-0.2, 0) is 12.7 Å². The van der Waals surface area contributed by atoms with E-state index in [1.54, 1.807) is 0 Å². The zero-order valence-electron chi connectivity index (χ0n) is 12.2. The van der Waals surface area contributed by atoms with Crippen LogP contribution in [0.3, 0.4) is 0 Å². The molecule has 1 fully saturated rings. The van der Waals surface area contributed by atoms with Crippen molar-refractivity contribution in [1.82, 2.24) is 9.88 Å². The summed E-state index contributed by atoms with van der Waals surface area (Å²) in [7, 11) is 0. The van der Waals surface area contributed by atoms with Crippen molar-refractivity contribution in [3.8, 4) is 0 Å². The summed E-state index contributed by atoms with van der Waals surface area (Å²) in [4.78, 5) is 7.88.